The van der Waals surface area contributed by atoms with Gasteiger partial charge in [0.25, 0.3) is 0 Å². The lowest BCUT2D eigenvalue weighted by Gasteiger charge is -1.97. The molecule has 0 radical (unpaired) electrons. The van der Waals surface area contributed by atoms with E-state index in [0.29, 0.717) is 17.4 Å². The molecule has 3 N–H and O–H groups in total. The third-order valence-corrected chi connectivity index (χ3v) is 2.13. The van der Waals surface area contributed by atoms with Gasteiger partial charge in [-0.15, -0.1) is 0 Å². The largest absolute Gasteiger partial charge is 0.419 e. The van der Waals surface area contributed by atoms with E-state index in [1.54, 1.807) is 30.4 Å². The molecule has 1 aromatic carbocycles. The quantitative estimate of drug-likeness (QED) is 0.766. The third-order valence-electron chi connectivity index (χ3n) is 2.13. The Kier molecular flexibility index (Phi) is 2.70. The summed E-state index contributed by atoms with van der Waals surface area (Å²) in [5.41, 5.74) is 5.98. The minimum atomic E-state index is -0.747. The smallest absolute Gasteiger partial charge is 0.372 e. The fourth-order valence-corrected chi connectivity index (χ4v) is 1.42. The van der Waals surface area contributed by atoms with E-state index < -0.39 is 11.4 Å². The first-order valence-corrected chi connectivity index (χ1v) is 4.74. The summed E-state index contributed by atoms with van der Waals surface area (Å²) < 4.78 is 4.43. The van der Waals surface area contributed by atoms with Crippen molar-refractivity contribution in [2.75, 3.05) is 6.54 Å². The summed E-state index contributed by atoms with van der Waals surface area (Å²) >= 11 is 0. The maximum absolute atomic E-state index is 11.4. The number of nitrogens with two attached hydrogens (primary N) is 1. The van der Waals surface area contributed by atoms with Crippen LogP contribution in [0.25, 0.3) is 17.0 Å². The number of hydrogen-bond acceptors (Lipinski definition) is 4. The van der Waals surface area contributed by atoms with Crippen LogP contribution < -0.4 is 17.1 Å². The van der Waals surface area contributed by atoms with Gasteiger partial charge in [0.05, 0.1) is 10.9 Å². The van der Waals surface area contributed by atoms with Crippen LogP contribution >= 0.6 is 0 Å². The van der Waals surface area contributed by atoms with Crippen molar-refractivity contribution < 1.29 is 4.42 Å². The number of nitrogens with one attached hydrogen (secondary N) is 1. The second-order valence-corrected chi connectivity index (χ2v) is 3.25. The van der Waals surface area contributed by atoms with E-state index in [0.717, 1.165) is 5.56 Å². The Bertz CT molecular complexity index is 652. The van der Waals surface area contributed by atoms with Crippen LogP contribution in [0.2, 0.25) is 0 Å². The Morgan fingerprint density at radius 2 is 2.19 bits per heavy atom. The highest BCUT2D eigenvalue weighted by Gasteiger charge is 2.02. The Hall–Kier alpha value is -2.14. The van der Waals surface area contributed by atoms with Gasteiger partial charge in [-0.25, -0.2) is 9.59 Å². The van der Waals surface area contributed by atoms with E-state index in [-0.39, 0.29) is 0 Å². The van der Waals surface area contributed by atoms with Gasteiger partial charge in [0.15, 0.2) is 0 Å². The summed E-state index contributed by atoms with van der Waals surface area (Å²) in [5, 5.41) is 0.346. The van der Waals surface area contributed by atoms with Crippen LogP contribution in [-0.4, -0.2) is 11.5 Å². The van der Waals surface area contributed by atoms with Crippen LogP contribution in [0.15, 0.2) is 38.3 Å². The topological polar surface area (TPSA) is 89.1 Å². The molecule has 0 aliphatic heterocycles. The van der Waals surface area contributed by atoms with Gasteiger partial charge in [-0.3, -0.25) is 4.98 Å². The molecule has 2 rings (SSSR count). The molecule has 0 amide bonds. The second kappa shape index (κ2) is 4.16. The van der Waals surface area contributed by atoms with Crippen LogP contribution in [0.3, 0.4) is 0 Å². The fourth-order valence-electron chi connectivity index (χ4n) is 1.42. The van der Waals surface area contributed by atoms with Crippen molar-refractivity contribution in [2.24, 2.45) is 5.73 Å². The van der Waals surface area contributed by atoms with Gasteiger partial charge in [-0.2, -0.15) is 0 Å². The summed E-state index contributed by atoms with van der Waals surface area (Å²) in [4.78, 5) is 24.7. The van der Waals surface area contributed by atoms with Crippen molar-refractivity contribution in [1.29, 1.82) is 0 Å². The van der Waals surface area contributed by atoms with Crippen LogP contribution in [0.4, 0.5) is 0 Å². The maximum atomic E-state index is 11.4. The molecule has 0 atom stereocenters. The van der Waals surface area contributed by atoms with Crippen molar-refractivity contribution in [3.8, 4) is 0 Å². The van der Waals surface area contributed by atoms with Crippen molar-refractivity contribution in [3.63, 3.8) is 0 Å². The monoisotopic (exact) mass is 218 g/mol. The van der Waals surface area contributed by atoms with E-state index in [4.69, 9.17) is 5.73 Å². The van der Waals surface area contributed by atoms with Gasteiger partial charge >= 0.3 is 11.4 Å². The number of benzene rings is 1. The molecule has 5 heteroatoms. The van der Waals surface area contributed by atoms with E-state index in [2.05, 4.69) is 9.40 Å². The average Bonchev–Trinajstić information content (AvgIpc) is 2.26. The molecule has 0 spiro atoms. The normalized spacial score (nSPS) is 11.3. The van der Waals surface area contributed by atoms with Crippen molar-refractivity contribution >= 4 is 17.0 Å². The average molecular weight is 218 g/mol. The van der Waals surface area contributed by atoms with Gasteiger partial charge in [0.2, 0.25) is 0 Å². The lowest BCUT2D eigenvalue weighted by atomic mass is 10.1. The second-order valence-electron chi connectivity index (χ2n) is 3.25. The van der Waals surface area contributed by atoms with Gasteiger partial charge in [-0.05, 0) is 17.7 Å². The molecule has 1 heterocycles. The first kappa shape index (κ1) is 10.4. The first-order chi connectivity index (χ1) is 7.70. The van der Waals surface area contributed by atoms with Gasteiger partial charge in [-0.1, -0.05) is 18.2 Å². The summed E-state index contributed by atoms with van der Waals surface area (Å²) in [5.74, 6) is -0.747. The lowest BCUT2D eigenvalue weighted by Crippen LogP contribution is -2.14. The molecular formula is C11H10N2O3. The Balaban J connectivity index is 2.67. The summed E-state index contributed by atoms with van der Waals surface area (Å²) in [7, 11) is 0. The number of rotatable bonds is 2. The molecule has 5 nitrogen and oxygen atoms in total. The van der Waals surface area contributed by atoms with Gasteiger partial charge in [0, 0.05) is 6.54 Å². The molecule has 82 valence electrons. The minimum absolute atomic E-state index is 0.346. The minimum Gasteiger partial charge on any atom is -0.372 e. The fraction of sp³-hybridized carbons (Fsp3) is 0.0909. The van der Waals surface area contributed by atoms with Crippen LogP contribution in [0.1, 0.15) is 5.56 Å². The molecule has 0 bridgehead atoms. The maximum Gasteiger partial charge on any atom is 0.419 e. The summed E-state index contributed by atoms with van der Waals surface area (Å²) in [6.07, 6.45) is 3.57. The number of H-pyrrole nitrogens is 1. The predicted octanol–water partition coefficient (Wildman–Crippen LogP) is 0.453. The number of fused-ring (bicyclic) bond motifs is 1. The van der Waals surface area contributed by atoms with Crippen LogP contribution in [0, 0.1) is 0 Å². The zero-order valence-electron chi connectivity index (χ0n) is 8.40. The lowest BCUT2D eigenvalue weighted by molar-refractivity contribution is 0.460. The van der Waals surface area contributed by atoms with E-state index >= 15 is 0 Å². The van der Waals surface area contributed by atoms with Crippen molar-refractivity contribution in [1.82, 2.24) is 4.98 Å². The molecule has 1 aromatic heterocycles. The molecule has 0 saturated heterocycles. The van der Waals surface area contributed by atoms with Crippen LogP contribution in [0.5, 0.6) is 0 Å². The number of hydrogen-bond donors (Lipinski definition) is 2. The van der Waals surface area contributed by atoms with E-state index in [1.807, 2.05) is 0 Å². The molecule has 0 fully saturated rings. The van der Waals surface area contributed by atoms with Crippen molar-refractivity contribution in [3.05, 3.63) is 50.8 Å². The molecule has 0 aliphatic carbocycles. The first-order valence-electron chi connectivity index (χ1n) is 4.74. The molecule has 0 aliphatic rings. The standard InChI is InChI=1S/C11H10N2O3/c12-5-1-2-7-3-4-9-8(6-7)10(14)16-11(15)13-9/h1-4,6H,5,12H2,(H,13,15). The molecular weight excluding hydrogens is 208 g/mol. The molecule has 2 aromatic rings. The highest BCUT2D eigenvalue weighted by molar-refractivity contribution is 5.79. The summed E-state index contributed by atoms with van der Waals surface area (Å²) in [6, 6.07) is 5.08. The number of aromatic nitrogens is 1. The SMILES string of the molecule is NCC=Cc1ccc2[nH]c(=O)oc(=O)c2c1. The Morgan fingerprint density at radius 1 is 1.38 bits per heavy atom. The molecule has 0 unspecified atom stereocenters. The third kappa shape index (κ3) is 1.94. The zero-order chi connectivity index (χ0) is 11.5. The Labute approximate surface area is 90.2 Å². The molecule has 16 heavy (non-hydrogen) atoms. The van der Waals surface area contributed by atoms with E-state index in [1.165, 1.54) is 0 Å². The highest BCUT2D eigenvalue weighted by atomic mass is 16.4. The highest BCUT2D eigenvalue weighted by Crippen LogP contribution is 2.10. The van der Waals surface area contributed by atoms with Crippen molar-refractivity contribution in [2.45, 2.75) is 0 Å². The van der Waals surface area contributed by atoms with Gasteiger partial charge < -0.3 is 10.2 Å². The van der Waals surface area contributed by atoms with E-state index in [9.17, 15) is 9.59 Å². The van der Waals surface area contributed by atoms with Gasteiger partial charge in [0.1, 0.15) is 0 Å². The zero-order valence-corrected chi connectivity index (χ0v) is 8.40. The Morgan fingerprint density at radius 3 is 2.94 bits per heavy atom. The van der Waals surface area contributed by atoms with Crippen LogP contribution in [-0.2, 0) is 0 Å². The summed E-state index contributed by atoms with van der Waals surface area (Å²) in [6.45, 7) is 0.429. The predicted molar refractivity (Wildman–Crippen MR) is 61.2 cm³/mol. The number of aromatic amines is 1. The molecule has 0 saturated carbocycles.